The number of amides is 1. The molecule has 1 N–H and O–H groups in total. The van der Waals surface area contributed by atoms with E-state index in [1.165, 1.54) is 11.0 Å². The summed E-state index contributed by atoms with van der Waals surface area (Å²) < 4.78 is 15.7. The molecule has 0 spiro atoms. The van der Waals surface area contributed by atoms with E-state index in [2.05, 4.69) is 34.7 Å². The number of aliphatic hydroxyl groups excluding tert-OH is 1. The number of hydrogen-bond donors (Lipinski definition) is 1. The van der Waals surface area contributed by atoms with E-state index in [1.807, 2.05) is 0 Å². The van der Waals surface area contributed by atoms with Crippen molar-refractivity contribution < 1.29 is 19.1 Å². The Morgan fingerprint density at radius 1 is 0.971 bits per heavy atom. The molecular formula is C28H34BrFN2O3. The van der Waals surface area contributed by atoms with Crippen molar-refractivity contribution >= 4 is 33.4 Å². The summed E-state index contributed by atoms with van der Waals surface area (Å²) in [6, 6.07) is 12.0. The molecule has 0 aromatic heterocycles. The Bertz CT molecular complexity index is 1050. The molecule has 1 heterocycles. The highest BCUT2D eigenvalue weighted by atomic mass is 79.9. The fraction of sp³-hybridized carbons (Fsp3) is 0.429. The van der Waals surface area contributed by atoms with Gasteiger partial charge in [-0.1, -0.05) is 73.0 Å². The molecule has 0 radical (unpaired) electrons. The molecule has 1 aliphatic heterocycles. The number of halogens is 2. The van der Waals surface area contributed by atoms with E-state index in [0.717, 1.165) is 49.8 Å². The summed E-state index contributed by atoms with van der Waals surface area (Å²) in [7, 11) is 0. The molecule has 1 aliphatic rings. The number of aliphatic hydroxyl groups is 1. The lowest BCUT2D eigenvalue weighted by molar-refractivity contribution is -0.140. The smallest absolute Gasteiger partial charge is 0.295 e. The van der Waals surface area contributed by atoms with Crippen LogP contribution in [0, 0.1) is 5.82 Å². The van der Waals surface area contributed by atoms with Crippen molar-refractivity contribution in [1.82, 2.24) is 9.80 Å². The van der Waals surface area contributed by atoms with Crippen LogP contribution in [0.2, 0.25) is 0 Å². The summed E-state index contributed by atoms with van der Waals surface area (Å²) in [5.41, 5.74) is 0.535. The van der Waals surface area contributed by atoms with Gasteiger partial charge in [-0.2, -0.15) is 0 Å². The number of likely N-dealkylation sites (tertiary alicyclic amines) is 1. The van der Waals surface area contributed by atoms with Gasteiger partial charge in [0.15, 0.2) is 0 Å². The largest absolute Gasteiger partial charge is 0.507 e. The summed E-state index contributed by atoms with van der Waals surface area (Å²) in [5.74, 6) is -2.30. The number of unbranched alkanes of at least 4 members (excludes halogenated alkanes) is 2. The number of Topliss-reactive ketones (excluding diaryl/α,β-unsaturated/α-hetero) is 1. The van der Waals surface area contributed by atoms with E-state index in [1.54, 1.807) is 42.5 Å². The van der Waals surface area contributed by atoms with Crippen LogP contribution in [0.5, 0.6) is 0 Å². The summed E-state index contributed by atoms with van der Waals surface area (Å²) in [4.78, 5) is 30.0. The minimum Gasteiger partial charge on any atom is -0.507 e. The quantitative estimate of drug-likeness (QED) is 0.193. The van der Waals surface area contributed by atoms with Gasteiger partial charge in [-0.25, -0.2) is 4.39 Å². The molecule has 1 saturated heterocycles. The highest BCUT2D eigenvalue weighted by Crippen LogP contribution is 2.40. The lowest BCUT2D eigenvalue weighted by Crippen LogP contribution is -2.34. The molecule has 1 amide bonds. The first-order chi connectivity index (χ1) is 16.9. The van der Waals surface area contributed by atoms with Crippen LogP contribution in [-0.2, 0) is 9.59 Å². The maximum atomic E-state index is 14.9. The second-order valence-corrected chi connectivity index (χ2v) is 9.84. The van der Waals surface area contributed by atoms with Gasteiger partial charge in [-0.05, 0) is 57.1 Å². The predicted octanol–water partition coefficient (Wildman–Crippen LogP) is 6.30. The fourth-order valence-corrected chi connectivity index (χ4v) is 4.72. The minimum absolute atomic E-state index is 0.0729. The molecule has 35 heavy (non-hydrogen) atoms. The number of carbonyl (C=O) groups excluding carboxylic acids is 2. The Labute approximate surface area is 215 Å². The Kier molecular flexibility index (Phi) is 10.0. The third-order valence-electron chi connectivity index (χ3n) is 6.39. The molecule has 1 unspecified atom stereocenters. The highest BCUT2D eigenvalue weighted by molar-refractivity contribution is 9.10. The van der Waals surface area contributed by atoms with Crippen LogP contribution in [0.1, 0.15) is 63.1 Å². The first-order valence-electron chi connectivity index (χ1n) is 12.4. The van der Waals surface area contributed by atoms with Gasteiger partial charge in [0.1, 0.15) is 11.6 Å². The molecule has 0 bridgehead atoms. The van der Waals surface area contributed by atoms with Crippen molar-refractivity contribution in [3.8, 4) is 0 Å². The number of rotatable bonds is 12. The zero-order chi connectivity index (χ0) is 25.4. The second-order valence-electron chi connectivity index (χ2n) is 8.92. The number of carbonyl (C=O) groups is 2. The first kappa shape index (κ1) is 27.1. The third-order valence-corrected chi connectivity index (χ3v) is 6.92. The molecule has 188 valence electrons. The molecule has 0 saturated carbocycles. The van der Waals surface area contributed by atoms with Gasteiger partial charge in [-0.3, -0.25) is 9.59 Å². The number of nitrogens with zero attached hydrogens (tertiary/aromatic N) is 2. The normalized spacial score (nSPS) is 17.5. The first-order valence-corrected chi connectivity index (χ1v) is 13.2. The van der Waals surface area contributed by atoms with E-state index in [9.17, 15) is 19.1 Å². The Morgan fingerprint density at radius 2 is 1.57 bits per heavy atom. The van der Waals surface area contributed by atoms with Crippen LogP contribution >= 0.6 is 15.9 Å². The topological polar surface area (TPSA) is 60.9 Å². The van der Waals surface area contributed by atoms with Gasteiger partial charge in [-0.15, -0.1) is 0 Å². The summed E-state index contributed by atoms with van der Waals surface area (Å²) in [6.07, 6.45) is 5.10. The van der Waals surface area contributed by atoms with Crippen LogP contribution in [0.4, 0.5) is 4.39 Å². The van der Waals surface area contributed by atoms with Gasteiger partial charge >= 0.3 is 0 Å². The van der Waals surface area contributed by atoms with E-state index < -0.39 is 23.5 Å². The molecule has 2 aromatic carbocycles. The van der Waals surface area contributed by atoms with Crippen LogP contribution < -0.4 is 0 Å². The van der Waals surface area contributed by atoms with Crippen molar-refractivity contribution in [1.29, 1.82) is 0 Å². The van der Waals surface area contributed by atoms with Crippen LogP contribution in [0.3, 0.4) is 0 Å². The van der Waals surface area contributed by atoms with Crippen molar-refractivity contribution in [2.24, 2.45) is 0 Å². The SMILES string of the molecule is CCCCN(CCCC)CCCN1C(=O)C(=O)/C(=C(/O)c2ccc(Br)cc2)C1c1ccccc1F. The molecular weight excluding hydrogens is 511 g/mol. The second kappa shape index (κ2) is 13.0. The molecule has 5 nitrogen and oxygen atoms in total. The van der Waals surface area contributed by atoms with Gasteiger partial charge in [0.05, 0.1) is 11.6 Å². The molecule has 2 aromatic rings. The predicted molar refractivity (Wildman–Crippen MR) is 140 cm³/mol. The number of hydrogen-bond acceptors (Lipinski definition) is 4. The highest BCUT2D eigenvalue weighted by Gasteiger charge is 2.46. The van der Waals surface area contributed by atoms with Gasteiger partial charge in [0, 0.05) is 22.1 Å². The van der Waals surface area contributed by atoms with Crippen LogP contribution in [0.25, 0.3) is 5.76 Å². The molecule has 7 heteroatoms. The minimum atomic E-state index is -0.973. The number of benzene rings is 2. The van der Waals surface area contributed by atoms with Gasteiger partial charge in [0.25, 0.3) is 11.7 Å². The van der Waals surface area contributed by atoms with E-state index in [-0.39, 0.29) is 16.9 Å². The third kappa shape index (κ3) is 6.58. The maximum absolute atomic E-state index is 14.9. The van der Waals surface area contributed by atoms with Crippen molar-refractivity contribution in [2.45, 2.75) is 52.0 Å². The monoisotopic (exact) mass is 544 g/mol. The van der Waals surface area contributed by atoms with Gasteiger partial charge in [0.2, 0.25) is 0 Å². The molecule has 3 rings (SSSR count). The van der Waals surface area contributed by atoms with Crippen molar-refractivity contribution in [3.05, 3.63) is 75.5 Å². The Morgan fingerprint density at radius 3 is 2.17 bits per heavy atom. The standard InChI is InChI=1S/C28H34BrFN2O3/c1-3-5-16-31(17-6-4-2)18-9-19-32-25(22-10-7-8-11-23(22)30)24(27(34)28(32)35)26(33)20-12-14-21(29)15-13-20/h7-8,10-15,25,33H,3-6,9,16-19H2,1-2H3/b26-24+. The summed E-state index contributed by atoms with van der Waals surface area (Å²) >= 11 is 3.36. The van der Waals surface area contributed by atoms with Gasteiger partial charge < -0.3 is 14.9 Å². The lowest BCUT2D eigenvalue weighted by atomic mass is 9.95. The van der Waals surface area contributed by atoms with E-state index in [4.69, 9.17) is 0 Å². The zero-order valence-electron chi connectivity index (χ0n) is 20.5. The van der Waals surface area contributed by atoms with Crippen molar-refractivity contribution in [2.75, 3.05) is 26.2 Å². The Balaban J connectivity index is 1.92. The fourth-order valence-electron chi connectivity index (χ4n) is 4.46. The zero-order valence-corrected chi connectivity index (χ0v) is 22.1. The lowest BCUT2D eigenvalue weighted by Gasteiger charge is -2.27. The van der Waals surface area contributed by atoms with Crippen LogP contribution in [-0.4, -0.2) is 52.8 Å². The average molecular weight is 545 g/mol. The molecule has 0 aliphatic carbocycles. The number of ketones is 1. The summed E-state index contributed by atoms with van der Waals surface area (Å²) in [6.45, 7) is 7.41. The molecule has 1 atom stereocenters. The van der Waals surface area contributed by atoms with E-state index >= 15 is 0 Å². The average Bonchev–Trinajstić information content (AvgIpc) is 3.10. The van der Waals surface area contributed by atoms with Crippen molar-refractivity contribution in [3.63, 3.8) is 0 Å². The molecule has 1 fully saturated rings. The Hall–Kier alpha value is -2.51. The summed E-state index contributed by atoms with van der Waals surface area (Å²) in [5, 5.41) is 11.1. The maximum Gasteiger partial charge on any atom is 0.295 e. The van der Waals surface area contributed by atoms with Crippen LogP contribution in [0.15, 0.2) is 58.6 Å². The van der Waals surface area contributed by atoms with E-state index in [0.29, 0.717) is 18.5 Å².